The Balaban J connectivity index is 2.00. The van der Waals surface area contributed by atoms with Gasteiger partial charge in [-0.15, -0.1) is 0 Å². The molecule has 1 aromatic rings. The second kappa shape index (κ2) is 6.76. The first-order valence-corrected chi connectivity index (χ1v) is 7.13. The van der Waals surface area contributed by atoms with Crippen LogP contribution in [0, 0.1) is 0 Å². The van der Waals surface area contributed by atoms with Crippen LogP contribution in [0.1, 0.15) is 12.0 Å². The zero-order chi connectivity index (χ0) is 15.5. The molecule has 116 valence electrons. The lowest BCUT2D eigenvalue weighted by atomic mass is 10.1. The molecule has 1 saturated heterocycles. The number of anilines is 1. The van der Waals surface area contributed by atoms with Crippen LogP contribution in [-0.2, 0) is 15.7 Å². The lowest BCUT2D eigenvalue weighted by molar-refractivity contribution is -0.138. The van der Waals surface area contributed by atoms with Gasteiger partial charge in [-0.25, -0.2) is 0 Å². The summed E-state index contributed by atoms with van der Waals surface area (Å²) in [7, 11) is 0. The minimum atomic E-state index is -4.47. The van der Waals surface area contributed by atoms with Crippen molar-refractivity contribution in [1.82, 2.24) is 5.32 Å². The van der Waals surface area contributed by atoms with Crippen LogP contribution in [0.5, 0.6) is 0 Å². The minimum absolute atomic E-state index is 0.0599. The van der Waals surface area contributed by atoms with Crippen LogP contribution < -0.4 is 10.6 Å². The van der Waals surface area contributed by atoms with Gasteiger partial charge in [0.2, 0.25) is 5.91 Å². The maximum atomic E-state index is 12.8. The van der Waals surface area contributed by atoms with Gasteiger partial charge in [-0.3, -0.25) is 4.79 Å². The highest BCUT2D eigenvalue weighted by molar-refractivity contribution is 9.10. The van der Waals surface area contributed by atoms with Crippen molar-refractivity contribution >= 4 is 27.5 Å². The Hall–Kier alpha value is -1.12. The van der Waals surface area contributed by atoms with E-state index in [4.69, 9.17) is 4.74 Å². The summed E-state index contributed by atoms with van der Waals surface area (Å²) in [5, 5.41) is 5.58. The summed E-state index contributed by atoms with van der Waals surface area (Å²) in [5.74, 6) is -0.353. The molecule has 0 radical (unpaired) electrons. The van der Waals surface area contributed by atoms with Gasteiger partial charge in [0.15, 0.2) is 0 Å². The SMILES string of the molecule is O=C(CC1COCCN1)Nc1ccc(Br)c(C(F)(F)F)c1. The largest absolute Gasteiger partial charge is 0.417 e. The third kappa shape index (κ3) is 4.69. The molecule has 1 amide bonds. The lowest BCUT2D eigenvalue weighted by Crippen LogP contribution is -2.43. The molecule has 4 nitrogen and oxygen atoms in total. The fourth-order valence-electron chi connectivity index (χ4n) is 2.01. The van der Waals surface area contributed by atoms with Crippen molar-refractivity contribution in [3.63, 3.8) is 0 Å². The second-order valence-corrected chi connectivity index (χ2v) is 5.52. The third-order valence-electron chi connectivity index (χ3n) is 2.99. The van der Waals surface area contributed by atoms with Gasteiger partial charge in [-0.05, 0) is 18.2 Å². The summed E-state index contributed by atoms with van der Waals surface area (Å²) in [6.07, 6.45) is -4.32. The number of carbonyl (C=O) groups excluding carboxylic acids is 1. The third-order valence-corrected chi connectivity index (χ3v) is 3.68. The summed E-state index contributed by atoms with van der Waals surface area (Å²) in [6.45, 7) is 1.68. The summed E-state index contributed by atoms with van der Waals surface area (Å²) in [4.78, 5) is 11.8. The van der Waals surface area contributed by atoms with Crippen LogP contribution in [0.25, 0.3) is 0 Å². The highest BCUT2D eigenvalue weighted by Crippen LogP contribution is 2.36. The number of alkyl halides is 3. The molecule has 0 spiro atoms. The Bertz CT molecular complexity index is 517. The maximum absolute atomic E-state index is 12.8. The first kappa shape index (κ1) is 16.3. The molecule has 1 atom stereocenters. The van der Waals surface area contributed by atoms with Gasteiger partial charge in [0.1, 0.15) is 0 Å². The van der Waals surface area contributed by atoms with Gasteiger partial charge in [0.25, 0.3) is 0 Å². The Labute approximate surface area is 128 Å². The topological polar surface area (TPSA) is 50.4 Å². The summed E-state index contributed by atoms with van der Waals surface area (Å²) in [5.41, 5.74) is -0.702. The lowest BCUT2D eigenvalue weighted by Gasteiger charge is -2.23. The van der Waals surface area contributed by atoms with Crippen LogP contribution in [0.3, 0.4) is 0 Å². The molecule has 1 aromatic carbocycles. The second-order valence-electron chi connectivity index (χ2n) is 4.67. The van der Waals surface area contributed by atoms with Crippen LogP contribution in [0.2, 0.25) is 0 Å². The number of hydrogen-bond acceptors (Lipinski definition) is 3. The van der Waals surface area contributed by atoms with E-state index in [1.165, 1.54) is 12.1 Å². The fraction of sp³-hybridized carbons (Fsp3) is 0.462. The Morgan fingerprint density at radius 1 is 1.48 bits per heavy atom. The van der Waals surface area contributed by atoms with E-state index in [0.717, 1.165) is 6.07 Å². The van der Waals surface area contributed by atoms with Crippen molar-refractivity contribution in [2.75, 3.05) is 25.1 Å². The van der Waals surface area contributed by atoms with Gasteiger partial charge >= 0.3 is 6.18 Å². The molecule has 1 aliphatic rings. The number of morpholine rings is 1. The monoisotopic (exact) mass is 366 g/mol. The number of amides is 1. The van der Waals surface area contributed by atoms with Crippen LogP contribution in [0.4, 0.5) is 18.9 Å². The summed E-state index contributed by atoms with van der Waals surface area (Å²) < 4.78 is 43.5. The quantitative estimate of drug-likeness (QED) is 0.864. The van der Waals surface area contributed by atoms with Gasteiger partial charge in [0, 0.05) is 29.2 Å². The molecule has 1 fully saturated rings. The van der Waals surface area contributed by atoms with Crippen molar-refractivity contribution in [3.05, 3.63) is 28.2 Å². The highest BCUT2D eigenvalue weighted by Gasteiger charge is 2.33. The normalized spacial score (nSPS) is 19.3. The zero-order valence-electron chi connectivity index (χ0n) is 11.0. The fourth-order valence-corrected chi connectivity index (χ4v) is 2.48. The van der Waals surface area contributed by atoms with E-state index in [1.807, 2.05) is 0 Å². The average Bonchev–Trinajstić information content (AvgIpc) is 2.41. The van der Waals surface area contributed by atoms with Crippen molar-refractivity contribution < 1.29 is 22.7 Å². The number of carbonyl (C=O) groups is 1. The predicted molar refractivity (Wildman–Crippen MR) is 75.0 cm³/mol. The van der Waals surface area contributed by atoms with E-state index in [9.17, 15) is 18.0 Å². The van der Waals surface area contributed by atoms with Gasteiger partial charge in [-0.2, -0.15) is 13.2 Å². The maximum Gasteiger partial charge on any atom is 0.417 e. The smallest absolute Gasteiger partial charge is 0.378 e. The highest BCUT2D eigenvalue weighted by atomic mass is 79.9. The molecule has 1 aliphatic heterocycles. The number of rotatable bonds is 3. The molecule has 0 saturated carbocycles. The number of ether oxygens (including phenoxy) is 1. The van der Waals surface area contributed by atoms with E-state index in [2.05, 4.69) is 26.6 Å². The van der Waals surface area contributed by atoms with Crippen molar-refractivity contribution in [1.29, 1.82) is 0 Å². The van der Waals surface area contributed by atoms with Crippen LogP contribution in [0.15, 0.2) is 22.7 Å². The first-order chi connectivity index (χ1) is 9.86. The van der Waals surface area contributed by atoms with Crippen LogP contribution in [-0.4, -0.2) is 31.7 Å². The van der Waals surface area contributed by atoms with Gasteiger partial charge in [-0.1, -0.05) is 15.9 Å². The van der Waals surface area contributed by atoms with Crippen molar-refractivity contribution in [2.45, 2.75) is 18.6 Å². The molecule has 2 N–H and O–H groups in total. The van der Waals surface area contributed by atoms with E-state index in [1.54, 1.807) is 0 Å². The zero-order valence-corrected chi connectivity index (χ0v) is 12.6. The Morgan fingerprint density at radius 2 is 2.24 bits per heavy atom. The molecule has 0 aliphatic carbocycles. The van der Waals surface area contributed by atoms with E-state index >= 15 is 0 Å². The molecule has 21 heavy (non-hydrogen) atoms. The number of nitrogens with one attached hydrogen (secondary N) is 2. The molecule has 1 heterocycles. The Kier molecular flexibility index (Phi) is 5.23. The molecule has 1 unspecified atom stereocenters. The summed E-state index contributed by atoms with van der Waals surface area (Å²) >= 11 is 2.85. The van der Waals surface area contributed by atoms with E-state index in [-0.39, 0.29) is 28.5 Å². The van der Waals surface area contributed by atoms with Crippen LogP contribution >= 0.6 is 15.9 Å². The minimum Gasteiger partial charge on any atom is -0.378 e. The molecular weight excluding hydrogens is 353 g/mol. The number of halogens is 4. The predicted octanol–water partition coefficient (Wildman–Crippen LogP) is 2.78. The van der Waals surface area contributed by atoms with Gasteiger partial charge < -0.3 is 15.4 Å². The number of benzene rings is 1. The van der Waals surface area contributed by atoms with E-state index < -0.39 is 11.7 Å². The Morgan fingerprint density at radius 3 is 2.86 bits per heavy atom. The van der Waals surface area contributed by atoms with E-state index in [0.29, 0.717) is 19.8 Å². The molecule has 0 bridgehead atoms. The number of hydrogen-bond donors (Lipinski definition) is 2. The average molecular weight is 367 g/mol. The summed E-state index contributed by atoms with van der Waals surface area (Å²) in [6, 6.07) is 3.48. The first-order valence-electron chi connectivity index (χ1n) is 6.34. The molecular formula is C13H14BrF3N2O2. The standard InChI is InChI=1S/C13H14BrF3N2O2/c14-11-2-1-8(5-10(11)13(15,16)17)19-12(20)6-9-7-21-4-3-18-9/h1-2,5,9,18H,3-4,6-7H2,(H,19,20). The van der Waals surface area contributed by atoms with Crippen molar-refractivity contribution in [3.8, 4) is 0 Å². The van der Waals surface area contributed by atoms with Gasteiger partial charge in [0.05, 0.1) is 18.8 Å². The molecule has 0 aromatic heterocycles. The molecule has 2 rings (SSSR count). The molecule has 8 heteroatoms. The van der Waals surface area contributed by atoms with Crippen molar-refractivity contribution in [2.24, 2.45) is 0 Å².